The van der Waals surface area contributed by atoms with Crippen molar-refractivity contribution in [2.75, 3.05) is 0 Å². The minimum absolute atomic E-state index is 0.00417. The zero-order valence-electron chi connectivity index (χ0n) is 14.9. The van der Waals surface area contributed by atoms with Crippen LogP contribution >= 0.6 is 23.4 Å². The van der Waals surface area contributed by atoms with Crippen molar-refractivity contribution >= 4 is 34.8 Å². The fourth-order valence-corrected chi connectivity index (χ4v) is 4.43. The number of halogens is 1. The van der Waals surface area contributed by atoms with Gasteiger partial charge in [0.1, 0.15) is 0 Å². The lowest BCUT2D eigenvalue weighted by Gasteiger charge is -2.21. The molecule has 0 saturated carbocycles. The predicted molar refractivity (Wildman–Crippen MR) is 114 cm³/mol. The fraction of sp³-hybridized carbons (Fsp3) is 0.136. The zero-order valence-corrected chi connectivity index (χ0v) is 16.5. The molecule has 0 amide bonds. The number of alkyl halides is 1. The predicted octanol–water partition coefficient (Wildman–Crippen LogP) is 6.06. The van der Waals surface area contributed by atoms with Crippen LogP contribution in [0.25, 0.3) is 0 Å². The summed E-state index contributed by atoms with van der Waals surface area (Å²) < 4.78 is 0. The number of benzene rings is 3. The number of nitrogens with zero attached hydrogens (tertiary/aromatic N) is 1. The van der Waals surface area contributed by atoms with E-state index in [2.05, 4.69) is 0 Å². The Morgan fingerprint density at radius 3 is 2.07 bits per heavy atom. The third-order valence-electron chi connectivity index (χ3n) is 4.28. The first kappa shape index (κ1) is 20.1. The highest BCUT2D eigenvalue weighted by atomic mass is 35.5. The van der Waals surface area contributed by atoms with Crippen molar-refractivity contribution in [3.63, 3.8) is 0 Å². The number of hydrogen-bond acceptors (Lipinski definition) is 4. The SMILES string of the molecule is O=C(c1ccccc1)C(SCc1ccccc1)C(Cl)c1ccc([N+](=O)[O-])cc1. The van der Waals surface area contributed by atoms with Crippen LogP contribution in [0.3, 0.4) is 0 Å². The lowest BCUT2D eigenvalue weighted by Crippen LogP contribution is -2.23. The normalized spacial score (nSPS) is 12.9. The quantitative estimate of drug-likeness (QED) is 0.195. The Morgan fingerprint density at radius 1 is 0.929 bits per heavy atom. The van der Waals surface area contributed by atoms with Crippen molar-refractivity contribution in [1.29, 1.82) is 0 Å². The summed E-state index contributed by atoms with van der Waals surface area (Å²) in [5.74, 6) is 0.584. The number of carbonyl (C=O) groups is 1. The molecule has 0 aliphatic rings. The first-order valence-electron chi connectivity index (χ1n) is 8.69. The van der Waals surface area contributed by atoms with Crippen LogP contribution in [-0.4, -0.2) is 16.0 Å². The van der Waals surface area contributed by atoms with Gasteiger partial charge in [0, 0.05) is 23.4 Å². The third kappa shape index (κ3) is 5.00. The standard InChI is InChI=1S/C22H18ClNO3S/c23-20(17-11-13-19(14-12-17)24(26)27)22(21(25)18-9-5-2-6-10-18)28-15-16-7-3-1-4-8-16/h1-14,20,22H,15H2. The van der Waals surface area contributed by atoms with Crippen molar-refractivity contribution in [2.45, 2.75) is 16.4 Å². The van der Waals surface area contributed by atoms with E-state index in [1.807, 2.05) is 48.5 Å². The highest BCUT2D eigenvalue weighted by Gasteiger charge is 2.29. The van der Waals surface area contributed by atoms with Gasteiger partial charge in [0.15, 0.2) is 5.78 Å². The lowest BCUT2D eigenvalue weighted by molar-refractivity contribution is -0.384. The molecular formula is C22H18ClNO3S. The summed E-state index contributed by atoms with van der Waals surface area (Å²) in [5, 5.41) is 9.75. The van der Waals surface area contributed by atoms with Crippen LogP contribution < -0.4 is 0 Å². The highest BCUT2D eigenvalue weighted by Crippen LogP contribution is 2.36. The van der Waals surface area contributed by atoms with Crippen LogP contribution in [0, 0.1) is 10.1 Å². The highest BCUT2D eigenvalue weighted by molar-refractivity contribution is 8.00. The number of non-ortho nitro benzene ring substituents is 1. The van der Waals surface area contributed by atoms with Crippen LogP contribution in [0.15, 0.2) is 84.9 Å². The second-order valence-corrected chi connectivity index (χ2v) is 7.80. The summed E-state index contributed by atoms with van der Waals surface area (Å²) in [6.45, 7) is 0. The van der Waals surface area contributed by atoms with Crippen molar-refractivity contribution in [3.05, 3.63) is 112 Å². The maximum Gasteiger partial charge on any atom is 0.269 e. The second kappa shape index (κ2) is 9.53. The van der Waals surface area contributed by atoms with Crippen LogP contribution in [-0.2, 0) is 5.75 Å². The summed E-state index contributed by atoms with van der Waals surface area (Å²) in [5.41, 5.74) is 2.38. The maximum atomic E-state index is 13.1. The molecule has 6 heteroatoms. The number of hydrogen-bond donors (Lipinski definition) is 0. The van der Waals surface area contributed by atoms with Gasteiger partial charge < -0.3 is 0 Å². The molecule has 3 aromatic carbocycles. The summed E-state index contributed by atoms with van der Waals surface area (Å²) in [6, 6.07) is 25.0. The molecule has 0 aliphatic heterocycles. The molecule has 0 aliphatic carbocycles. The van der Waals surface area contributed by atoms with E-state index in [9.17, 15) is 14.9 Å². The Kier molecular flexibility index (Phi) is 6.85. The molecule has 28 heavy (non-hydrogen) atoms. The van der Waals surface area contributed by atoms with E-state index in [4.69, 9.17) is 11.6 Å². The summed E-state index contributed by atoms with van der Waals surface area (Å²) in [6.07, 6.45) is 0. The number of rotatable bonds is 8. The Hall–Kier alpha value is -2.63. The van der Waals surface area contributed by atoms with E-state index in [0.717, 1.165) is 5.56 Å². The third-order valence-corrected chi connectivity index (χ3v) is 6.28. The van der Waals surface area contributed by atoms with Gasteiger partial charge in [-0.05, 0) is 11.1 Å². The van der Waals surface area contributed by atoms with Crippen molar-refractivity contribution in [1.82, 2.24) is 0 Å². The lowest BCUT2D eigenvalue weighted by atomic mass is 10.0. The number of carbonyl (C=O) groups excluding carboxylic acids is 1. The first-order chi connectivity index (χ1) is 13.6. The molecule has 4 nitrogen and oxygen atoms in total. The van der Waals surface area contributed by atoms with Gasteiger partial charge in [-0.2, -0.15) is 0 Å². The number of Topliss-reactive ketones (excluding diaryl/α,β-unsaturated/α-hetero) is 1. The average Bonchev–Trinajstić information content (AvgIpc) is 2.75. The summed E-state index contributed by atoms with van der Waals surface area (Å²) in [7, 11) is 0. The number of thioether (sulfide) groups is 1. The number of nitro groups is 1. The summed E-state index contributed by atoms with van der Waals surface area (Å²) >= 11 is 8.18. The van der Waals surface area contributed by atoms with E-state index in [-0.39, 0.29) is 11.5 Å². The molecular weight excluding hydrogens is 394 g/mol. The summed E-state index contributed by atoms with van der Waals surface area (Å²) in [4.78, 5) is 23.6. The minimum Gasteiger partial charge on any atom is -0.293 e. The van der Waals surface area contributed by atoms with Gasteiger partial charge in [-0.1, -0.05) is 72.8 Å². The molecule has 0 radical (unpaired) electrons. The molecule has 3 aromatic rings. The largest absolute Gasteiger partial charge is 0.293 e. The molecule has 2 atom stereocenters. The van der Waals surface area contributed by atoms with E-state index >= 15 is 0 Å². The van der Waals surface area contributed by atoms with Gasteiger partial charge >= 0.3 is 0 Å². The van der Waals surface area contributed by atoms with Gasteiger partial charge in [0.25, 0.3) is 5.69 Å². The van der Waals surface area contributed by atoms with E-state index in [0.29, 0.717) is 16.9 Å². The zero-order chi connectivity index (χ0) is 19.9. The van der Waals surface area contributed by atoms with Gasteiger partial charge in [-0.3, -0.25) is 14.9 Å². The Balaban J connectivity index is 1.85. The van der Waals surface area contributed by atoms with E-state index in [1.54, 1.807) is 24.3 Å². The van der Waals surface area contributed by atoms with Gasteiger partial charge in [0.2, 0.25) is 0 Å². The molecule has 2 unspecified atom stereocenters. The smallest absolute Gasteiger partial charge is 0.269 e. The van der Waals surface area contributed by atoms with Crippen LogP contribution in [0.1, 0.15) is 26.9 Å². The number of ketones is 1. The second-order valence-electron chi connectivity index (χ2n) is 6.20. The van der Waals surface area contributed by atoms with Crippen molar-refractivity contribution in [2.24, 2.45) is 0 Å². The number of nitro benzene ring substituents is 1. The molecule has 142 valence electrons. The molecule has 0 aromatic heterocycles. The van der Waals surface area contributed by atoms with Gasteiger partial charge in [-0.15, -0.1) is 23.4 Å². The average molecular weight is 412 g/mol. The molecule has 0 spiro atoms. The Bertz CT molecular complexity index is 933. The van der Waals surface area contributed by atoms with Crippen LogP contribution in [0.4, 0.5) is 5.69 Å². The van der Waals surface area contributed by atoms with Crippen molar-refractivity contribution < 1.29 is 9.72 Å². The Morgan fingerprint density at radius 2 is 1.50 bits per heavy atom. The van der Waals surface area contributed by atoms with Gasteiger partial charge in [0.05, 0.1) is 15.6 Å². The fourth-order valence-electron chi connectivity index (χ4n) is 2.77. The van der Waals surface area contributed by atoms with Crippen molar-refractivity contribution in [3.8, 4) is 0 Å². The molecule has 0 heterocycles. The molecule has 0 saturated heterocycles. The first-order valence-corrected chi connectivity index (χ1v) is 10.2. The molecule has 0 N–H and O–H groups in total. The maximum absolute atomic E-state index is 13.1. The van der Waals surface area contributed by atoms with E-state index in [1.165, 1.54) is 23.9 Å². The minimum atomic E-state index is -0.609. The molecule has 0 bridgehead atoms. The van der Waals surface area contributed by atoms with Gasteiger partial charge in [-0.25, -0.2) is 0 Å². The van der Waals surface area contributed by atoms with Crippen LogP contribution in [0.5, 0.6) is 0 Å². The van der Waals surface area contributed by atoms with Crippen LogP contribution in [0.2, 0.25) is 0 Å². The molecule has 0 fully saturated rings. The monoisotopic (exact) mass is 411 g/mol. The molecule has 3 rings (SSSR count). The Labute approximate surface area is 172 Å². The van der Waals surface area contributed by atoms with E-state index < -0.39 is 15.6 Å². The topological polar surface area (TPSA) is 60.2 Å².